The monoisotopic (exact) mass is 128 g/mol. The largest absolute Gasteiger partial charge is 0.478 e. The van der Waals surface area contributed by atoms with Crippen molar-refractivity contribution in [3.8, 4) is 0 Å². The topological polar surface area (TPSA) is 37.3 Å². The molecule has 0 saturated carbocycles. The van der Waals surface area contributed by atoms with E-state index in [2.05, 4.69) is 0 Å². The van der Waals surface area contributed by atoms with Crippen LogP contribution in [0.3, 0.4) is 0 Å². The Balaban J connectivity index is 3.69. The van der Waals surface area contributed by atoms with Gasteiger partial charge in [-0.3, -0.25) is 0 Å². The number of aliphatic carboxylic acids is 1. The fourth-order valence-electron chi connectivity index (χ4n) is 0.677. The molecule has 0 spiro atoms. The van der Waals surface area contributed by atoms with Crippen molar-refractivity contribution in [3.05, 3.63) is 11.6 Å². The predicted molar refractivity (Wildman–Crippen MR) is 36.3 cm³/mol. The maximum atomic E-state index is 10.0. The molecule has 0 radical (unpaired) electrons. The number of allylic oxidation sites excluding steroid dienone is 1. The van der Waals surface area contributed by atoms with Gasteiger partial charge in [0.2, 0.25) is 0 Å². The van der Waals surface area contributed by atoms with Crippen molar-refractivity contribution in [1.82, 2.24) is 0 Å². The highest BCUT2D eigenvalue weighted by Gasteiger charge is 1.90. The van der Waals surface area contributed by atoms with Crippen molar-refractivity contribution in [2.24, 2.45) is 0 Å². The molecule has 2 heteroatoms. The molecule has 1 N–H and O–H groups in total. The van der Waals surface area contributed by atoms with Gasteiger partial charge in [-0.15, -0.1) is 0 Å². The Morgan fingerprint density at radius 3 is 2.56 bits per heavy atom. The zero-order valence-electron chi connectivity index (χ0n) is 5.85. The number of carboxylic acids is 1. The molecular weight excluding hydrogens is 116 g/mol. The SMILES string of the molecule is CCCC(C)=CC(=O)O. The molecule has 0 bridgehead atoms. The van der Waals surface area contributed by atoms with E-state index in [0.29, 0.717) is 0 Å². The predicted octanol–water partition coefficient (Wildman–Crippen LogP) is 1.82. The van der Waals surface area contributed by atoms with E-state index in [0.717, 1.165) is 18.4 Å². The number of hydrogen-bond donors (Lipinski definition) is 1. The van der Waals surface area contributed by atoms with Crippen LogP contribution >= 0.6 is 0 Å². The van der Waals surface area contributed by atoms with Crippen LogP contribution < -0.4 is 0 Å². The van der Waals surface area contributed by atoms with Crippen LogP contribution in [0.1, 0.15) is 26.7 Å². The summed E-state index contributed by atoms with van der Waals surface area (Å²) < 4.78 is 0. The fourth-order valence-corrected chi connectivity index (χ4v) is 0.677. The summed E-state index contributed by atoms with van der Waals surface area (Å²) in [4.78, 5) is 10.0. The van der Waals surface area contributed by atoms with E-state index in [1.165, 1.54) is 6.08 Å². The standard InChI is InChI=1S/C7H12O2/c1-3-4-6(2)5-7(8)9/h5H,3-4H2,1-2H3,(H,8,9). The van der Waals surface area contributed by atoms with E-state index in [4.69, 9.17) is 5.11 Å². The van der Waals surface area contributed by atoms with Crippen molar-refractivity contribution in [1.29, 1.82) is 0 Å². The molecular formula is C7H12O2. The third kappa shape index (κ3) is 5.07. The third-order valence-corrected chi connectivity index (χ3v) is 1.01. The summed E-state index contributed by atoms with van der Waals surface area (Å²) >= 11 is 0. The second kappa shape index (κ2) is 4.13. The average Bonchev–Trinajstić information content (AvgIpc) is 1.63. The Morgan fingerprint density at radius 2 is 2.22 bits per heavy atom. The van der Waals surface area contributed by atoms with Crippen LogP contribution in [0.4, 0.5) is 0 Å². The molecule has 0 aliphatic heterocycles. The van der Waals surface area contributed by atoms with Gasteiger partial charge in [0.05, 0.1) is 0 Å². The van der Waals surface area contributed by atoms with E-state index >= 15 is 0 Å². The lowest BCUT2D eigenvalue weighted by Gasteiger charge is -1.92. The molecule has 0 unspecified atom stereocenters. The molecule has 0 aromatic carbocycles. The Labute approximate surface area is 55.2 Å². The van der Waals surface area contributed by atoms with Gasteiger partial charge in [0.25, 0.3) is 0 Å². The van der Waals surface area contributed by atoms with Gasteiger partial charge < -0.3 is 5.11 Å². The van der Waals surface area contributed by atoms with Crippen LogP contribution in [0.2, 0.25) is 0 Å². The minimum atomic E-state index is -0.846. The van der Waals surface area contributed by atoms with Crippen LogP contribution in [0.25, 0.3) is 0 Å². The molecule has 0 aromatic rings. The summed E-state index contributed by atoms with van der Waals surface area (Å²) in [5.41, 5.74) is 0.935. The number of carbonyl (C=O) groups is 1. The summed E-state index contributed by atoms with van der Waals surface area (Å²) in [5, 5.41) is 8.23. The van der Waals surface area contributed by atoms with E-state index in [1.54, 1.807) is 0 Å². The van der Waals surface area contributed by atoms with Gasteiger partial charge in [0.15, 0.2) is 0 Å². The highest BCUT2D eigenvalue weighted by atomic mass is 16.4. The van der Waals surface area contributed by atoms with Crippen molar-refractivity contribution in [3.63, 3.8) is 0 Å². The lowest BCUT2D eigenvalue weighted by Crippen LogP contribution is -1.89. The molecule has 0 amide bonds. The van der Waals surface area contributed by atoms with Crippen LogP contribution in [0.15, 0.2) is 11.6 Å². The lowest BCUT2D eigenvalue weighted by molar-refractivity contribution is -0.131. The van der Waals surface area contributed by atoms with Crippen molar-refractivity contribution >= 4 is 5.97 Å². The van der Waals surface area contributed by atoms with E-state index in [-0.39, 0.29) is 0 Å². The molecule has 0 atom stereocenters. The molecule has 0 saturated heterocycles. The summed E-state index contributed by atoms with van der Waals surface area (Å²) in [7, 11) is 0. The van der Waals surface area contributed by atoms with E-state index in [1.807, 2.05) is 13.8 Å². The Hall–Kier alpha value is -0.790. The quantitative estimate of drug-likeness (QED) is 0.588. The highest BCUT2D eigenvalue weighted by Crippen LogP contribution is 2.01. The minimum absolute atomic E-state index is 0.846. The maximum Gasteiger partial charge on any atom is 0.328 e. The number of carboxylic acid groups (broad SMARTS) is 1. The van der Waals surface area contributed by atoms with Gasteiger partial charge in [0, 0.05) is 6.08 Å². The molecule has 52 valence electrons. The van der Waals surface area contributed by atoms with Crippen LogP contribution in [0.5, 0.6) is 0 Å². The maximum absolute atomic E-state index is 10.0. The molecule has 2 nitrogen and oxygen atoms in total. The molecule has 9 heavy (non-hydrogen) atoms. The van der Waals surface area contributed by atoms with Crippen LogP contribution in [-0.4, -0.2) is 11.1 Å². The first-order chi connectivity index (χ1) is 4.16. The van der Waals surface area contributed by atoms with Gasteiger partial charge in [-0.05, 0) is 13.3 Å². The summed E-state index contributed by atoms with van der Waals surface area (Å²) in [6.07, 6.45) is 3.14. The molecule has 0 aromatic heterocycles. The van der Waals surface area contributed by atoms with Gasteiger partial charge in [0.1, 0.15) is 0 Å². The molecule has 0 aliphatic carbocycles. The smallest absolute Gasteiger partial charge is 0.328 e. The highest BCUT2D eigenvalue weighted by molar-refractivity contribution is 5.80. The second-order valence-electron chi connectivity index (χ2n) is 2.08. The van der Waals surface area contributed by atoms with Crippen molar-refractivity contribution in [2.75, 3.05) is 0 Å². The number of rotatable bonds is 3. The Morgan fingerprint density at radius 1 is 1.67 bits per heavy atom. The zero-order valence-corrected chi connectivity index (χ0v) is 5.85. The van der Waals surface area contributed by atoms with Gasteiger partial charge >= 0.3 is 5.97 Å². The summed E-state index contributed by atoms with van der Waals surface area (Å²) in [6.45, 7) is 3.86. The third-order valence-electron chi connectivity index (χ3n) is 1.01. The first-order valence-corrected chi connectivity index (χ1v) is 3.07. The first kappa shape index (κ1) is 8.21. The van der Waals surface area contributed by atoms with Crippen molar-refractivity contribution < 1.29 is 9.90 Å². The molecule has 0 aliphatic rings. The number of hydrogen-bond acceptors (Lipinski definition) is 1. The van der Waals surface area contributed by atoms with Crippen molar-refractivity contribution in [2.45, 2.75) is 26.7 Å². The summed E-state index contributed by atoms with van der Waals surface area (Å²) in [5.74, 6) is -0.846. The van der Waals surface area contributed by atoms with E-state index in [9.17, 15) is 4.79 Å². The van der Waals surface area contributed by atoms with Crippen LogP contribution in [-0.2, 0) is 4.79 Å². The molecule has 0 fully saturated rings. The van der Waals surface area contributed by atoms with Crippen LogP contribution in [0, 0.1) is 0 Å². The second-order valence-corrected chi connectivity index (χ2v) is 2.08. The molecule has 0 rings (SSSR count). The average molecular weight is 128 g/mol. The first-order valence-electron chi connectivity index (χ1n) is 3.07. The minimum Gasteiger partial charge on any atom is -0.478 e. The summed E-state index contributed by atoms with van der Waals surface area (Å²) in [6, 6.07) is 0. The van der Waals surface area contributed by atoms with E-state index < -0.39 is 5.97 Å². The zero-order chi connectivity index (χ0) is 7.28. The lowest BCUT2D eigenvalue weighted by atomic mass is 10.2. The molecule has 0 heterocycles. The van der Waals surface area contributed by atoms with Gasteiger partial charge in [-0.2, -0.15) is 0 Å². The van der Waals surface area contributed by atoms with Gasteiger partial charge in [-0.25, -0.2) is 4.79 Å². The fraction of sp³-hybridized carbons (Fsp3) is 0.571. The Bertz CT molecular complexity index is 125. The Kier molecular flexibility index (Phi) is 3.76. The van der Waals surface area contributed by atoms with Gasteiger partial charge in [-0.1, -0.05) is 18.9 Å². The normalized spacial score (nSPS) is 11.6.